The van der Waals surface area contributed by atoms with Gasteiger partial charge in [0, 0.05) is 46.8 Å². The molecule has 0 unspecified atom stereocenters. The summed E-state index contributed by atoms with van der Waals surface area (Å²) >= 11 is 0. The molecule has 5 aromatic carbocycles. The summed E-state index contributed by atoms with van der Waals surface area (Å²) in [5.41, 5.74) is 1.39. The Morgan fingerprint density at radius 1 is 0.435 bits per heavy atom. The second-order valence-electron chi connectivity index (χ2n) is 10.5. The van der Waals surface area contributed by atoms with Gasteiger partial charge in [0.05, 0.1) is 0 Å². The van der Waals surface area contributed by atoms with Crippen molar-refractivity contribution in [1.29, 1.82) is 0 Å². The molecule has 8 nitrogen and oxygen atoms in total. The van der Waals surface area contributed by atoms with Crippen LogP contribution in [0.4, 0.5) is 40.0 Å². The molecule has 0 amide bonds. The van der Waals surface area contributed by atoms with Crippen molar-refractivity contribution >= 4 is 48.4 Å². The van der Waals surface area contributed by atoms with E-state index < -0.39 is 13.9 Å². The van der Waals surface area contributed by atoms with E-state index in [0.717, 1.165) is 0 Å². The number of rotatable bonds is 6. The van der Waals surface area contributed by atoms with Gasteiger partial charge < -0.3 is 27.1 Å². The van der Waals surface area contributed by atoms with Gasteiger partial charge in [-0.05, 0) is 40.6 Å². The summed E-state index contributed by atoms with van der Waals surface area (Å²) in [6.45, 7) is -8.96. The van der Waals surface area contributed by atoms with Crippen LogP contribution in [-0.4, -0.2) is 34.8 Å². The lowest BCUT2D eigenvalue weighted by Crippen LogP contribution is -2.54. The molecule has 0 saturated heterocycles. The number of hydrazone groups is 2. The minimum Gasteiger partial charge on any atom is -0.387 e. The number of amidine groups is 2. The minimum absolute atomic E-state index is 0.0202. The summed E-state index contributed by atoms with van der Waals surface area (Å²) in [5, 5.41) is 17.2. The largest absolute Gasteiger partial charge is 0.777 e. The summed E-state index contributed by atoms with van der Waals surface area (Å²) in [7, 11) is 0. The molecular formula is C32H24B2F4N8. The third kappa shape index (κ3) is 5.23. The highest BCUT2D eigenvalue weighted by Crippen LogP contribution is 2.35. The first kappa shape index (κ1) is 28.8. The number of halogens is 4. The molecule has 0 bridgehead atoms. The lowest BCUT2D eigenvalue weighted by molar-refractivity contribution is -0.401. The quantitative estimate of drug-likeness (QED) is 0.142. The Bertz CT molecular complexity index is 1870. The predicted molar refractivity (Wildman–Crippen MR) is 171 cm³/mol. The van der Waals surface area contributed by atoms with Gasteiger partial charge in [-0.25, -0.2) is 9.22 Å². The molecule has 2 aliphatic rings. The Kier molecular flexibility index (Phi) is 7.24. The fourth-order valence-corrected chi connectivity index (χ4v) is 5.23. The van der Waals surface area contributed by atoms with Crippen LogP contribution in [0.25, 0.3) is 0 Å². The van der Waals surface area contributed by atoms with Gasteiger partial charge in [0.25, 0.3) is 0 Å². The van der Waals surface area contributed by atoms with E-state index in [1.165, 1.54) is 48.5 Å². The van der Waals surface area contributed by atoms with Crippen LogP contribution in [0.15, 0.2) is 166 Å². The van der Waals surface area contributed by atoms with Gasteiger partial charge in [-0.2, -0.15) is 10.2 Å². The van der Waals surface area contributed by atoms with Gasteiger partial charge in [-0.3, -0.25) is 0 Å². The number of nitrogens with zero attached hydrogens (tertiary/aromatic N) is 8. The molecule has 0 aliphatic carbocycles. The van der Waals surface area contributed by atoms with Crippen molar-refractivity contribution < 1.29 is 26.5 Å². The normalized spacial score (nSPS) is 17.0. The number of anilines is 2. The first-order valence-electron chi connectivity index (χ1n) is 14.5. The van der Waals surface area contributed by atoms with Gasteiger partial charge in [0.2, 0.25) is 11.7 Å². The molecule has 0 saturated carbocycles. The van der Waals surface area contributed by atoms with E-state index in [4.69, 9.17) is 0 Å². The van der Waals surface area contributed by atoms with E-state index >= 15 is 17.3 Å². The molecule has 2 heterocycles. The predicted octanol–water partition coefficient (Wildman–Crippen LogP) is 8.39. The lowest BCUT2D eigenvalue weighted by atomic mass is 9.93. The third-order valence-electron chi connectivity index (χ3n) is 7.45. The fourth-order valence-electron chi connectivity index (χ4n) is 5.23. The van der Waals surface area contributed by atoms with Gasteiger partial charge in [-0.1, -0.05) is 91.0 Å². The summed E-state index contributed by atoms with van der Waals surface area (Å²) in [4.78, 5) is 1.34. The first-order chi connectivity index (χ1) is 22.3. The van der Waals surface area contributed by atoms with Gasteiger partial charge in [0.15, 0.2) is 11.4 Å². The van der Waals surface area contributed by atoms with Crippen LogP contribution in [0.2, 0.25) is 0 Å². The SMILES string of the molecule is F[B-]1(F)N(c2ccccc2)N=C(c2cccc(C3=NN(c4ccccc4)[B-](F)(F)[N+](c4ccccc4)=N3)c2)N=[N+]1c1ccccc1. The minimum atomic E-state index is -4.48. The van der Waals surface area contributed by atoms with Gasteiger partial charge >= 0.3 is 13.9 Å². The monoisotopic (exact) mass is 618 g/mol. The zero-order chi connectivity index (χ0) is 31.7. The number of benzene rings is 5. The molecular weight excluding hydrogens is 594 g/mol. The fraction of sp³-hybridized carbons (Fsp3) is 0. The molecule has 226 valence electrons. The average Bonchev–Trinajstić information content (AvgIpc) is 3.09. The molecule has 14 heteroatoms. The molecule has 7 rings (SSSR count). The summed E-state index contributed by atoms with van der Waals surface area (Å²) in [5.74, 6) is -0.0405. The van der Waals surface area contributed by atoms with Crippen LogP contribution >= 0.6 is 0 Å². The molecule has 46 heavy (non-hydrogen) atoms. The van der Waals surface area contributed by atoms with Crippen molar-refractivity contribution in [3.8, 4) is 0 Å². The van der Waals surface area contributed by atoms with Crippen molar-refractivity contribution in [3.63, 3.8) is 0 Å². The van der Waals surface area contributed by atoms with Crippen LogP contribution in [0, 0.1) is 0 Å². The number of hydrogen-bond acceptors (Lipinski definition) is 6. The second kappa shape index (κ2) is 11.5. The molecule has 5 aromatic rings. The molecule has 0 spiro atoms. The Labute approximate surface area is 261 Å². The Balaban J connectivity index is 1.37. The van der Waals surface area contributed by atoms with Crippen molar-refractivity contribution in [1.82, 2.24) is 0 Å². The number of hydrogen-bond donors (Lipinski definition) is 0. The van der Waals surface area contributed by atoms with Crippen molar-refractivity contribution in [2.24, 2.45) is 20.4 Å². The van der Waals surface area contributed by atoms with Gasteiger partial charge in [-0.15, -0.1) is 0 Å². The summed E-state index contributed by atoms with van der Waals surface area (Å²) < 4.78 is 65.5. The molecule has 0 fully saturated rings. The van der Waals surface area contributed by atoms with E-state index in [1.54, 1.807) is 97.1 Å². The second-order valence-corrected chi connectivity index (χ2v) is 10.5. The standard InChI is InChI=1S/C32H24B2F4N8/c35-33(36)43(27-16-5-1-6-17-27)39-31(40-44(33)28-18-7-2-8-19-28)25-14-13-15-26(24-25)32-41-45(29-20-9-3-10-21-29)34(37,38)46(42-32)30-22-11-4-12-23-30/h1-24H. The highest BCUT2D eigenvalue weighted by atomic mass is 19.3. The third-order valence-corrected chi connectivity index (χ3v) is 7.45. The van der Waals surface area contributed by atoms with E-state index in [-0.39, 0.29) is 34.4 Å². The number of azo groups is 2. The maximum absolute atomic E-state index is 16.0. The van der Waals surface area contributed by atoms with E-state index in [0.29, 0.717) is 30.2 Å². The Morgan fingerprint density at radius 3 is 1.15 bits per heavy atom. The van der Waals surface area contributed by atoms with E-state index in [1.807, 2.05) is 0 Å². The molecule has 0 atom stereocenters. The van der Waals surface area contributed by atoms with Crippen LogP contribution in [0.1, 0.15) is 11.1 Å². The van der Waals surface area contributed by atoms with E-state index in [9.17, 15) is 0 Å². The first-order valence-corrected chi connectivity index (χ1v) is 14.5. The van der Waals surface area contributed by atoms with E-state index in [2.05, 4.69) is 20.4 Å². The number of para-hydroxylation sites is 4. The maximum Gasteiger partial charge on any atom is 0.777 e. The highest BCUT2D eigenvalue weighted by molar-refractivity contribution is 6.63. The zero-order valence-corrected chi connectivity index (χ0v) is 24.1. The van der Waals surface area contributed by atoms with Crippen molar-refractivity contribution in [3.05, 3.63) is 157 Å². The van der Waals surface area contributed by atoms with Gasteiger partial charge in [0.1, 0.15) is 0 Å². The molecule has 0 radical (unpaired) electrons. The van der Waals surface area contributed by atoms with Crippen LogP contribution < -0.4 is 9.84 Å². The molecule has 0 N–H and O–H groups in total. The smallest absolute Gasteiger partial charge is 0.387 e. The van der Waals surface area contributed by atoms with Crippen LogP contribution in [0.3, 0.4) is 0 Å². The highest BCUT2D eigenvalue weighted by Gasteiger charge is 2.56. The summed E-state index contributed by atoms with van der Waals surface area (Å²) in [6.07, 6.45) is 0. The van der Waals surface area contributed by atoms with Crippen LogP contribution in [-0.2, 0) is 0 Å². The lowest BCUT2D eigenvalue weighted by Gasteiger charge is -2.33. The molecule has 2 aliphatic heterocycles. The Hall–Kier alpha value is -5.91. The van der Waals surface area contributed by atoms with Crippen LogP contribution in [0.5, 0.6) is 0 Å². The van der Waals surface area contributed by atoms with Crippen molar-refractivity contribution in [2.45, 2.75) is 0 Å². The zero-order valence-electron chi connectivity index (χ0n) is 24.1. The van der Waals surface area contributed by atoms with Crippen molar-refractivity contribution in [2.75, 3.05) is 9.84 Å². The Morgan fingerprint density at radius 2 is 0.783 bits per heavy atom. The topological polar surface area (TPSA) is 61.9 Å². The summed E-state index contributed by atoms with van der Waals surface area (Å²) in [6, 6.07) is 38.9. The molecule has 0 aromatic heterocycles. The maximum atomic E-state index is 16.0. The average molecular weight is 618 g/mol.